The average molecular weight is 314 g/mol. The van der Waals surface area contributed by atoms with Crippen LogP contribution in [0.5, 0.6) is 0 Å². The predicted octanol–water partition coefficient (Wildman–Crippen LogP) is 3.53. The van der Waals surface area contributed by atoms with Crippen LogP contribution in [0.3, 0.4) is 0 Å². The Morgan fingerprint density at radius 2 is 1.87 bits per heavy atom. The Labute approximate surface area is 135 Å². The first kappa shape index (κ1) is 15.5. The van der Waals surface area contributed by atoms with Gasteiger partial charge in [0, 0.05) is 23.7 Å². The molecule has 0 saturated heterocycles. The van der Waals surface area contributed by atoms with Crippen molar-refractivity contribution in [3.63, 3.8) is 0 Å². The molecule has 0 aromatic carbocycles. The third kappa shape index (κ3) is 3.04. The Bertz CT molecular complexity index is 804. The summed E-state index contributed by atoms with van der Waals surface area (Å²) in [5, 5.41) is 11.7. The van der Waals surface area contributed by atoms with Crippen molar-refractivity contribution in [3.05, 3.63) is 35.7 Å². The largest absolute Gasteiger partial charge is 0.358 e. The molecule has 0 aliphatic rings. The van der Waals surface area contributed by atoms with E-state index in [1.165, 1.54) is 0 Å². The van der Waals surface area contributed by atoms with Gasteiger partial charge in [0.25, 0.3) is 0 Å². The van der Waals surface area contributed by atoms with Crippen LogP contribution < -0.4 is 5.32 Å². The van der Waals surface area contributed by atoms with Crippen LogP contribution in [-0.2, 0) is 0 Å². The van der Waals surface area contributed by atoms with Crippen molar-refractivity contribution in [3.8, 4) is 0 Å². The van der Waals surface area contributed by atoms with E-state index >= 15 is 0 Å². The van der Waals surface area contributed by atoms with E-state index in [-0.39, 0.29) is 12.0 Å². The lowest BCUT2D eigenvalue weighted by atomic mass is 10.1. The third-order valence-electron chi connectivity index (χ3n) is 3.68. The number of nitrogens with zero attached hydrogens (tertiary/aromatic N) is 5. The van der Waals surface area contributed by atoms with E-state index in [9.17, 15) is 0 Å². The van der Waals surface area contributed by atoms with E-state index < -0.39 is 0 Å². The number of rotatable bonds is 5. The summed E-state index contributed by atoms with van der Waals surface area (Å²) in [6, 6.07) is 3.79. The summed E-state index contributed by atoms with van der Waals surface area (Å²) in [6.45, 7) is 10.3. The molecule has 3 heterocycles. The Kier molecular flexibility index (Phi) is 4.02. The quantitative estimate of drug-likeness (QED) is 0.776. The molecule has 0 amide bonds. The highest BCUT2D eigenvalue weighted by molar-refractivity contribution is 5.50. The van der Waals surface area contributed by atoms with Crippen LogP contribution in [0, 0.1) is 0 Å². The van der Waals surface area contributed by atoms with Gasteiger partial charge < -0.3 is 9.84 Å². The lowest BCUT2D eigenvalue weighted by Gasteiger charge is -2.14. The van der Waals surface area contributed by atoms with Crippen molar-refractivity contribution in [2.24, 2.45) is 0 Å². The van der Waals surface area contributed by atoms with E-state index in [1.807, 2.05) is 32.9 Å². The molecule has 0 spiro atoms. The van der Waals surface area contributed by atoms with Crippen LogP contribution in [0.25, 0.3) is 5.65 Å². The molecule has 0 saturated carbocycles. The number of nitrogens with one attached hydrogen (secondary N) is 1. The molecule has 3 rings (SSSR count). The van der Waals surface area contributed by atoms with Crippen LogP contribution in [0.1, 0.15) is 69.9 Å². The molecular weight excluding hydrogens is 292 g/mol. The molecule has 7 nitrogen and oxygen atoms in total. The van der Waals surface area contributed by atoms with Gasteiger partial charge in [-0.25, -0.2) is 4.98 Å². The SMILES string of the molecule is CC(C)c1cc(NC(C)c2nc(C(C)C)no2)n2nccc2n1. The molecule has 7 heteroatoms. The normalized spacial score (nSPS) is 13.2. The number of hydrogen-bond acceptors (Lipinski definition) is 6. The van der Waals surface area contributed by atoms with Gasteiger partial charge in [0.05, 0.1) is 6.20 Å². The van der Waals surface area contributed by atoms with E-state index in [0.29, 0.717) is 11.8 Å². The zero-order valence-electron chi connectivity index (χ0n) is 14.1. The maximum atomic E-state index is 5.36. The van der Waals surface area contributed by atoms with E-state index in [1.54, 1.807) is 10.7 Å². The van der Waals surface area contributed by atoms with Gasteiger partial charge in [0.1, 0.15) is 11.9 Å². The second-order valence-electron chi connectivity index (χ2n) is 6.33. The van der Waals surface area contributed by atoms with Crippen molar-refractivity contribution < 1.29 is 4.52 Å². The molecule has 3 aromatic rings. The molecule has 1 N–H and O–H groups in total. The van der Waals surface area contributed by atoms with Crippen LogP contribution in [0.2, 0.25) is 0 Å². The highest BCUT2D eigenvalue weighted by Gasteiger charge is 2.18. The number of anilines is 1. The molecule has 0 fully saturated rings. The zero-order valence-corrected chi connectivity index (χ0v) is 14.1. The fourth-order valence-corrected chi connectivity index (χ4v) is 2.27. The Morgan fingerprint density at radius 3 is 2.52 bits per heavy atom. The topological polar surface area (TPSA) is 81.1 Å². The summed E-state index contributed by atoms with van der Waals surface area (Å²) in [5.41, 5.74) is 1.83. The van der Waals surface area contributed by atoms with Crippen molar-refractivity contribution in [2.45, 2.75) is 52.5 Å². The monoisotopic (exact) mass is 314 g/mol. The van der Waals surface area contributed by atoms with Crippen LogP contribution in [-0.4, -0.2) is 24.7 Å². The zero-order chi connectivity index (χ0) is 16.6. The fourth-order valence-electron chi connectivity index (χ4n) is 2.27. The van der Waals surface area contributed by atoms with Gasteiger partial charge in [-0.1, -0.05) is 32.9 Å². The molecule has 0 aliphatic heterocycles. The smallest absolute Gasteiger partial charge is 0.248 e. The van der Waals surface area contributed by atoms with Crippen molar-refractivity contribution in [1.82, 2.24) is 24.7 Å². The second kappa shape index (κ2) is 5.98. The van der Waals surface area contributed by atoms with Gasteiger partial charge in [0.15, 0.2) is 11.5 Å². The van der Waals surface area contributed by atoms with E-state index in [2.05, 4.69) is 39.4 Å². The summed E-state index contributed by atoms with van der Waals surface area (Å²) < 4.78 is 7.14. The van der Waals surface area contributed by atoms with Gasteiger partial charge in [0.2, 0.25) is 5.89 Å². The highest BCUT2D eigenvalue weighted by Crippen LogP contribution is 2.23. The van der Waals surface area contributed by atoms with Crippen molar-refractivity contribution in [2.75, 3.05) is 5.32 Å². The van der Waals surface area contributed by atoms with Gasteiger partial charge in [-0.15, -0.1) is 0 Å². The summed E-state index contributed by atoms with van der Waals surface area (Å²) in [6.07, 6.45) is 1.74. The first-order valence-corrected chi connectivity index (χ1v) is 7.90. The molecule has 122 valence electrons. The number of aromatic nitrogens is 5. The molecule has 0 radical (unpaired) electrons. The minimum absolute atomic E-state index is 0.121. The molecule has 23 heavy (non-hydrogen) atoms. The summed E-state index contributed by atoms with van der Waals surface area (Å²) in [7, 11) is 0. The highest BCUT2D eigenvalue weighted by atomic mass is 16.5. The van der Waals surface area contributed by atoms with E-state index in [0.717, 1.165) is 23.0 Å². The van der Waals surface area contributed by atoms with Crippen LogP contribution >= 0.6 is 0 Å². The standard InChI is InChI=1S/C16H22N6O/c1-9(2)12-8-14(22-13(19-12)6-7-17-22)18-11(5)16-20-15(10(3)4)21-23-16/h6-11,18H,1-5H3. The van der Waals surface area contributed by atoms with Crippen molar-refractivity contribution in [1.29, 1.82) is 0 Å². The molecule has 0 aliphatic carbocycles. The lowest BCUT2D eigenvalue weighted by molar-refractivity contribution is 0.361. The van der Waals surface area contributed by atoms with Crippen LogP contribution in [0.4, 0.5) is 5.82 Å². The summed E-state index contributed by atoms with van der Waals surface area (Å²) in [4.78, 5) is 9.06. The van der Waals surface area contributed by atoms with Gasteiger partial charge in [-0.3, -0.25) is 0 Å². The minimum Gasteiger partial charge on any atom is -0.358 e. The Hall–Kier alpha value is -2.44. The molecular formula is C16H22N6O. The number of fused-ring (bicyclic) bond motifs is 1. The molecule has 1 unspecified atom stereocenters. The lowest BCUT2D eigenvalue weighted by Crippen LogP contribution is -2.12. The summed E-state index contributed by atoms with van der Waals surface area (Å²) in [5.74, 6) is 2.72. The maximum Gasteiger partial charge on any atom is 0.248 e. The first-order valence-electron chi connectivity index (χ1n) is 7.90. The third-order valence-corrected chi connectivity index (χ3v) is 3.68. The van der Waals surface area contributed by atoms with Gasteiger partial charge in [-0.2, -0.15) is 14.6 Å². The van der Waals surface area contributed by atoms with Gasteiger partial charge >= 0.3 is 0 Å². The average Bonchev–Trinajstić information content (AvgIpc) is 3.16. The molecule has 3 aromatic heterocycles. The van der Waals surface area contributed by atoms with Crippen molar-refractivity contribution >= 4 is 11.5 Å². The number of hydrogen-bond donors (Lipinski definition) is 1. The van der Waals surface area contributed by atoms with Gasteiger partial charge in [-0.05, 0) is 12.8 Å². The summed E-state index contributed by atoms with van der Waals surface area (Å²) >= 11 is 0. The minimum atomic E-state index is -0.121. The van der Waals surface area contributed by atoms with Crippen LogP contribution in [0.15, 0.2) is 22.9 Å². The Morgan fingerprint density at radius 1 is 1.09 bits per heavy atom. The fraction of sp³-hybridized carbons (Fsp3) is 0.500. The second-order valence-corrected chi connectivity index (χ2v) is 6.33. The maximum absolute atomic E-state index is 5.36. The van der Waals surface area contributed by atoms with E-state index in [4.69, 9.17) is 4.52 Å². The first-order chi connectivity index (χ1) is 11.0. The predicted molar refractivity (Wildman–Crippen MR) is 87.5 cm³/mol. The molecule has 1 atom stereocenters. The Balaban J connectivity index is 1.91. The molecule has 0 bridgehead atoms.